The number of halogens is 1. The van der Waals surface area contributed by atoms with E-state index in [1.54, 1.807) is 0 Å². The molecule has 154 valence electrons. The summed E-state index contributed by atoms with van der Waals surface area (Å²) in [4.78, 5) is 19.9. The van der Waals surface area contributed by atoms with Crippen molar-refractivity contribution in [2.75, 3.05) is 13.6 Å². The minimum absolute atomic E-state index is 0.0179. The van der Waals surface area contributed by atoms with Crippen molar-refractivity contribution in [2.24, 2.45) is 0 Å². The van der Waals surface area contributed by atoms with Crippen LogP contribution < -0.4 is 5.32 Å². The number of para-hydroxylation sites is 2. The number of imidazole rings is 1. The van der Waals surface area contributed by atoms with Crippen LogP contribution in [0.2, 0.25) is 0 Å². The number of aromatic amines is 1. The summed E-state index contributed by atoms with van der Waals surface area (Å²) in [6, 6.07) is 12.0. The topological polar surface area (TPSA) is 95.2 Å². The van der Waals surface area contributed by atoms with Crippen molar-refractivity contribution in [1.29, 1.82) is 0 Å². The molecule has 3 aromatic rings. The van der Waals surface area contributed by atoms with Gasteiger partial charge in [0, 0.05) is 20.0 Å². The fraction of sp³-hybridized carbons (Fsp3) is 0.300. The summed E-state index contributed by atoms with van der Waals surface area (Å²) in [5.41, 5.74) is 1.73. The number of aromatic nitrogens is 2. The van der Waals surface area contributed by atoms with E-state index in [9.17, 15) is 17.6 Å². The molecular weight excluding hydrogens is 395 g/mol. The van der Waals surface area contributed by atoms with Crippen LogP contribution in [-0.2, 0) is 14.8 Å². The molecule has 3 rings (SSSR count). The predicted molar refractivity (Wildman–Crippen MR) is 108 cm³/mol. The van der Waals surface area contributed by atoms with Gasteiger partial charge in [-0.3, -0.25) is 4.79 Å². The number of sulfonamides is 1. The van der Waals surface area contributed by atoms with E-state index in [2.05, 4.69) is 15.3 Å². The zero-order chi connectivity index (χ0) is 21.0. The van der Waals surface area contributed by atoms with Crippen LogP contribution in [0.15, 0.2) is 53.4 Å². The molecule has 29 heavy (non-hydrogen) atoms. The summed E-state index contributed by atoms with van der Waals surface area (Å²) < 4.78 is 39.1. The normalized spacial score (nSPS) is 13.0. The highest BCUT2D eigenvalue weighted by Gasteiger charge is 2.21. The Bertz CT molecular complexity index is 1060. The molecule has 9 heteroatoms. The van der Waals surface area contributed by atoms with Gasteiger partial charge in [0.1, 0.15) is 11.6 Å². The van der Waals surface area contributed by atoms with E-state index < -0.39 is 15.8 Å². The zero-order valence-electron chi connectivity index (χ0n) is 16.2. The third-order valence-electron chi connectivity index (χ3n) is 4.59. The van der Waals surface area contributed by atoms with E-state index >= 15 is 0 Å². The molecule has 0 saturated heterocycles. The third-order valence-corrected chi connectivity index (χ3v) is 6.47. The molecule has 0 fully saturated rings. The van der Waals surface area contributed by atoms with Crippen molar-refractivity contribution in [1.82, 2.24) is 19.6 Å². The van der Waals surface area contributed by atoms with Gasteiger partial charge in [-0.25, -0.2) is 22.1 Å². The average molecular weight is 418 g/mol. The minimum atomic E-state index is -3.71. The average Bonchev–Trinajstić information content (AvgIpc) is 3.12. The van der Waals surface area contributed by atoms with Crippen LogP contribution in [0.5, 0.6) is 0 Å². The van der Waals surface area contributed by atoms with E-state index in [-0.39, 0.29) is 29.8 Å². The molecule has 1 amide bonds. The van der Waals surface area contributed by atoms with E-state index in [0.29, 0.717) is 12.2 Å². The molecule has 0 bridgehead atoms. The SMILES string of the molecule is CC(NC(=O)CCCN(C)S(=O)(=O)c1ccc(F)cc1)c1nc2ccccc2[nH]1. The number of carbonyl (C=O) groups is 1. The molecular formula is C20H23FN4O3S. The monoisotopic (exact) mass is 418 g/mol. The molecule has 0 aliphatic carbocycles. The van der Waals surface area contributed by atoms with Crippen LogP contribution >= 0.6 is 0 Å². The van der Waals surface area contributed by atoms with Gasteiger partial charge in [-0.05, 0) is 49.7 Å². The van der Waals surface area contributed by atoms with E-state index in [1.807, 2.05) is 31.2 Å². The molecule has 0 aliphatic heterocycles. The van der Waals surface area contributed by atoms with Gasteiger partial charge in [-0.2, -0.15) is 0 Å². The van der Waals surface area contributed by atoms with E-state index in [0.717, 1.165) is 27.5 Å². The second kappa shape index (κ2) is 8.71. The standard InChI is InChI=1S/C20H23FN4O3S/c1-14(20-23-17-6-3-4-7-18(17)24-20)22-19(26)8-5-13-25(2)29(27,28)16-11-9-15(21)10-12-16/h3-4,6-7,9-12,14H,5,8,13H2,1-2H3,(H,22,26)(H,23,24). The third kappa shape index (κ3) is 4.99. The second-order valence-corrected chi connectivity index (χ2v) is 8.86. The molecule has 7 nitrogen and oxygen atoms in total. The summed E-state index contributed by atoms with van der Waals surface area (Å²) >= 11 is 0. The largest absolute Gasteiger partial charge is 0.346 e. The Labute approximate surface area is 169 Å². The van der Waals surface area contributed by atoms with E-state index in [4.69, 9.17) is 0 Å². The first-order chi connectivity index (χ1) is 13.8. The molecule has 1 atom stereocenters. The Morgan fingerprint density at radius 2 is 1.90 bits per heavy atom. The Kier molecular flexibility index (Phi) is 6.29. The summed E-state index contributed by atoms with van der Waals surface area (Å²) in [7, 11) is -2.28. The number of hydrogen-bond donors (Lipinski definition) is 2. The van der Waals surface area contributed by atoms with Crippen molar-refractivity contribution < 1.29 is 17.6 Å². The molecule has 0 radical (unpaired) electrons. The number of amides is 1. The fourth-order valence-corrected chi connectivity index (χ4v) is 4.14. The highest BCUT2D eigenvalue weighted by molar-refractivity contribution is 7.89. The van der Waals surface area contributed by atoms with Gasteiger partial charge in [0.15, 0.2) is 0 Å². The first-order valence-electron chi connectivity index (χ1n) is 9.23. The van der Waals surface area contributed by atoms with Gasteiger partial charge >= 0.3 is 0 Å². The number of rotatable bonds is 8. The van der Waals surface area contributed by atoms with E-state index in [1.165, 1.54) is 19.2 Å². The Morgan fingerprint density at radius 3 is 2.59 bits per heavy atom. The number of nitrogens with one attached hydrogen (secondary N) is 2. The number of nitrogens with zero attached hydrogens (tertiary/aromatic N) is 2. The van der Waals surface area contributed by atoms with Gasteiger partial charge in [-0.15, -0.1) is 0 Å². The predicted octanol–water partition coefficient (Wildman–Crippen LogP) is 2.98. The molecule has 1 heterocycles. The molecule has 2 N–H and O–H groups in total. The van der Waals surface area contributed by atoms with Crippen molar-refractivity contribution >= 4 is 27.0 Å². The maximum Gasteiger partial charge on any atom is 0.242 e. The molecule has 0 saturated carbocycles. The number of fused-ring (bicyclic) bond motifs is 1. The smallest absolute Gasteiger partial charge is 0.242 e. The van der Waals surface area contributed by atoms with Gasteiger partial charge in [0.2, 0.25) is 15.9 Å². The highest BCUT2D eigenvalue weighted by Crippen LogP contribution is 2.17. The van der Waals surface area contributed by atoms with Crippen molar-refractivity contribution in [2.45, 2.75) is 30.7 Å². The number of benzene rings is 2. The first kappa shape index (κ1) is 20.9. The highest BCUT2D eigenvalue weighted by atomic mass is 32.2. The van der Waals surface area contributed by atoms with Gasteiger partial charge < -0.3 is 10.3 Å². The molecule has 0 spiro atoms. The van der Waals surface area contributed by atoms with Crippen LogP contribution in [0.4, 0.5) is 4.39 Å². The lowest BCUT2D eigenvalue weighted by Crippen LogP contribution is -2.30. The second-order valence-electron chi connectivity index (χ2n) is 6.81. The molecule has 0 aliphatic rings. The summed E-state index contributed by atoms with van der Waals surface area (Å²) in [5, 5.41) is 2.87. The van der Waals surface area contributed by atoms with Crippen LogP contribution in [0.3, 0.4) is 0 Å². The lowest BCUT2D eigenvalue weighted by atomic mass is 10.2. The summed E-state index contributed by atoms with van der Waals surface area (Å²) in [5.74, 6) is -0.0251. The minimum Gasteiger partial charge on any atom is -0.346 e. The Balaban J connectivity index is 1.50. The zero-order valence-corrected chi connectivity index (χ0v) is 17.0. The number of H-pyrrole nitrogens is 1. The van der Waals surface area contributed by atoms with Gasteiger partial charge in [0.25, 0.3) is 0 Å². The lowest BCUT2D eigenvalue weighted by Gasteiger charge is -2.17. The van der Waals surface area contributed by atoms with Gasteiger partial charge in [-0.1, -0.05) is 12.1 Å². The lowest BCUT2D eigenvalue weighted by molar-refractivity contribution is -0.121. The van der Waals surface area contributed by atoms with Crippen molar-refractivity contribution in [3.63, 3.8) is 0 Å². The maximum absolute atomic E-state index is 13.0. The molecule has 1 unspecified atom stereocenters. The maximum atomic E-state index is 13.0. The molecule has 1 aromatic heterocycles. The van der Waals surface area contributed by atoms with Crippen molar-refractivity contribution in [3.8, 4) is 0 Å². The van der Waals surface area contributed by atoms with Crippen LogP contribution in [0.1, 0.15) is 31.6 Å². The van der Waals surface area contributed by atoms with Crippen LogP contribution in [0.25, 0.3) is 11.0 Å². The van der Waals surface area contributed by atoms with Crippen LogP contribution in [0, 0.1) is 5.82 Å². The Hall–Kier alpha value is -2.78. The number of hydrogen-bond acceptors (Lipinski definition) is 4. The molecule has 2 aromatic carbocycles. The van der Waals surface area contributed by atoms with Crippen molar-refractivity contribution in [3.05, 3.63) is 60.2 Å². The summed E-state index contributed by atoms with van der Waals surface area (Å²) in [6.07, 6.45) is 0.531. The Morgan fingerprint density at radius 1 is 1.21 bits per heavy atom. The summed E-state index contributed by atoms with van der Waals surface area (Å²) in [6.45, 7) is 2.01. The van der Waals surface area contributed by atoms with Crippen LogP contribution in [-0.4, -0.2) is 42.2 Å². The quantitative estimate of drug-likeness (QED) is 0.588. The fourth-order valence-electron chi connectivity index (χ4n) is 2.93. The van der Waals surface area contributed by atoms with Gasteiger partial charge in [0.05, 0.1) is 22.0 Å². The number of carbonyl (C=O) groups excluding carboxylic acids is 1. The first-order valence-corrected chi connectivity index (χ1v) is 10.7.